The maximum absolute atomic E-state index is 2.45. The number of hydrogen-bond acceptors (Lipinski definition) is 1. The molecule has 0 spiro atoms. The van der Waals surface area contributed by atoms with E-state index < -0.39 is 0 Å². The van der Waals surface area contributed by atoms with Gasteiger partial charge in [-0.05, 0) is 51.7 Å². The molecular formula is C12H23N. The minimum absolute atomic E-state index is 0.858. The Labute approximate surface area is 82.8 Å². The molecule has 1 atom stereocenters. The van der Waals surface area contributed by atoms with Crippen LogP contribution in [0, 0.1) is 5.92 Å². The Morgan fingerprint density at radius 2 is 2.15 bits per heavy atom. The Kier molecular flexibility index (Phi) is 5.14. The number of hydrogen-bond donors (Lipinski definition) is 0. The van der Waals surface area contributed by atoms with Gasteiger partial charge in [0.2, 0.25) is 0 Å². The maximum atomic E-state index is 2.45. The second-order valence-electron chi connectivity index (χ2n) is 4.21. The van der Waals surface area contributed by atoms with Crippen molar-refractivity contribution in [2.75, 3.05) is 20.1 Å². The van der Waals surface area contributed by atoms with E-state index in [1.54, 1.807) is 0 Å². The lowest BCUT2D eigenvalue weighted by atomic mass is 10.00. The molecule has 0 bridgehead atoms. The van der Waals surface area contributed by atoms with E-state index in [-0.39, 0.29) is 0 Å². The number of rotatable bonds is 3. The van der Waals surface area contributed by atoms with E-state index in [4.69, 9.17) is 0 Å². The molecule has 0 radical (unpaired) electrons. The van der Waals surface area contributed by atoms with Crippen molar-refractivity contribution < 1.29 is 0 Å². The monoisotopic (exact) mass is 181 g/mol. The molecule has 1 heteroatoms. The predicted molar refractivity (Wildman–Crippen MR) is 58.9 cm³/mol. The Morgan fingerprint density at radius 3 is 2.92 bits per heavy atom. The van der Waals surface area contributed by atoms with Gasteiger partial charge in [-0.2, -0.15) is 0 Å². The topological polar surface area (TPSA) is 3.24 Å². The average molecular weight is 181 g/mol. The minimum atomic E-state index is 0.858. The van der Waals surface area contributed by atoms with Crippen molar-refractivity contribution >= 4 is 0 Å². The van der Waals surface area contributed by atoms with Gasteiger partial charge in [-0.3, -0.25) is 0 Å². The van der Waals surface area contributed by atoms with Gasteiger partial charge >= 0.3 is 0 Å². The highest BCUT2D eigenvalue weighted by atomic mass is 15.1. The highest BCUT2D eigenvalue weighted by Gasteiger charge is 2.11. The summed E-state index contributed by atoms with van der Waals surface area (Å²) < 4.78 is 0. The molecular weight excluding hydrogens is 158 g/mol. The zero-order chi connectivity index (χ0) is 9.52. The first-order valence-corrected chi connectivity index (χ1v) is 5.68. The number of nitrogens with zero attached hydrogens (tertiary/aromatic N) is 1. The van der Waals surface area contributed by atoms with Crippen molar-refractivity contribution in [3.8, 4) is 0 Å². The molecule has 0 aromatic carbocycles. The van der Waals surface area contributed by atoms with Crippen LogP contribution in [-0.4, -0.2) is 25.0 Å². The lowest BCUT2D eigenvalue weighted by Gasteiger charge is -2.11. The van der Waals surface area contributed by atoms with Crippen LogP contribution < -0.4 is 0 Å². The SMILES string of the molecule is CCC/C=C/[C@@H]1CCCN(C)CC1. The van der Waals surface area contributed by atoms with E-state index >= 15 is 0 Å². The number of allylic oxidation sites excluding steroid dienone is 2. The normalized spacial score (nSPS) is 26.5. The summed E-state index contributed by atoms with van der Waals surface area (Å²) in [6.07, 6.45) is 11.5. The molecule has 1 fully saturated rings. The zero-order valence-electron chi connectivity index (χ0n) is 9.13. The summed E-state index contributed by atoms with van der Waals surface area (Å²) in [5.41, 5.74) is 0. The van der Waals surface area contributed by atoms with E-state index in [0.29, 0.717) is 0 Å². The number of unbranched alkanes of at least 4 members (excludes halogenated alkanes) is 1. The third-order valence-electron chi connectivity index (χ3n) is 2.86. The molecule has 0 amide bonds. The van der Waals surface area contributed by atoms with Crippen LogP contribution in [0.25, 0.3) is 0 Å². The van der Waals surface area contributed by atoms with Crippen molar-refractivity contribution in [1.29, 1.82) is 0 Å². The molecule has 0 aromatic rings. The Bertz CT molecular complexity index is 151. The summed E-state index contributed by atoms with van der Waals surface area (Å²) in [6, 6.07) is 0. The summed E-state index contributed by atoms with van der Waals surface area (Å²) in [7, 11) is 2.23. The molecule has 0 saturated carbocycles. The van der Waals surface area contributed by atoms with E-state index in [9.17, 15) is 0 Å². The molecule has 1 aliphatic heterocycles. The maximum Gasteiger partial charge on any atom is -0.00162 e. The lowest BCUT2D eigenvalue weighted by molar-refractivity contribution is 0.346. The highest BCUT2D eigenvalue weighted by molar-refractivity contribution is 4.89. The van der Waals surface area contributed by atoms with E-state index in [0.717, 1.165) is 5.92 Å². The molecule has 1 heterocycles. The summed E-state index contributed by atoms with van der Waals surface area (Å²) in [5, 5.41) is 0. The van der Waals surface area contributed by atoms with Crippen LogP contribution in [0.4, 0.5) is 0 Å². The summed E-state index contributed by atoms with van der Waals surface area (Å²) >= 11 is 0. The molecule has 1 saturated heterocycles. The van der Waals surface area contributed by atoms with Crippen LogP contribution in [0.3, 0.4) is 0 Å². The fraction of sp³-hybridized carbons (Fsp3) is 0.833. The van der Waals surface area contributed by atoms with E-state index in [1.165, 1.54) is 45.2 Å². The fourth-order valence-corrected chi connectivity index (χ4v) is 1.91. The third kappa shape index (κ3) is 4.47. The molecule has 13 heavy (non-hydrogen) atoms. The van der Waals surface area contributed by atoms with Crippen LogP contribution in [0.5, 0.6) is 0 Å². The van der Waals surface area contributed by atoms with Gasteiger partial charge in [0.15, 0.2) is 0 Å². The zero-order valence-corrected chi connectivity index (χ0v) is 9.13. The minimum Gasteiger partial charge on any atom is -0.306 e. The van der Waals surface area contributed by atoms with E-state index in [2.05, 4.69) is 31.0 Å². The molecule has 0 aromatic heterocycles. The van der Waals surface area contributed by atoms with Crippen LogP contribution in [0.2, 0.25) is 0 Å². The van der Waals surface area contributed by atoms with E-state index in [1.807, 2.05) is 0 Å². The largest absolute Gasteiger partial charge is 0.306 e. The fourth-order valence-electron chi connectivity index (χ4n) is 1.91. The van der Waals surface area contributed by atoms with Gasteiger partial charge in [0, 0.05) is 0 Å². The van der Waals surface area contributed by atoms with Gasteiger partial charge in [-0.1, -0.05) is 25.5 Å². The highest BCUT2D eigenvalue weighted by Crippen LogP contribution is 2.18. The van der Waals surface area contributed by atoms with Crippen molar-refractivity contribution in [3.63, 3.8) is 0 Å². The third-order valence-corrected chi connectivity index (χ3v) is 2.86. The van der Waals surface area contributed by atoms with Gasteiger partial charge in [-0.25, -0.2) is 0 Å². The quantitative estimate of drug-likeness (QED) is 0.605. The van der Waals surface area contributed by atoms with Gasteiger partial charge in [0.25, 0.3) is 0 Å². The van der Waals surface area contributed by atoms with Crippen LogP contribution in [0.1, 0.15) is 39.0 Å². The van der Waals surface area contributed by atoms with Gasteiger partial charge in [-0.15, -0.1) is 0 Å². The Balaban J connectivity index is 2.25. The Hall–Kier alpha value is -0.300. The molecule has 1 aliphatic rings. The van der Waals surface area contributed by atoms with Crippen LogP contribution in [0.15, 0.2) is 12.2 Å². The number of likely N-dealkylation sites (tertiary alicyclic amines) is 1. The Morgan fingerprint density at radius 1 is 1.31 bits per heavy atom. The predicted octanol–water partition coefficient (Wildman–Crippen LogP) is 3.07. The molecule has 0 N–H and O–H groups in total. The average Bonchev–Trinajstić information content (AvgIpc) is 2.32. The second-order valence-corrected chi connectivity index (χ2v) is 4.21. The first-order chi connectivity index (χ1) is 6.33. The standard InChI is InChI=1S/C12H23N/c1-3-4-5-7-12-8-6-10-13(2)11-9-12/h5,7,12H,3-4,6,8-11H2,1-2H3/b7-5+/t12-/m1/s1. The summed E-state index contributed by atoms with van der Waals surface area (Å²) in [5.74, 6) is 0.858. The second kappa shape index (κ2) is 6.20. The van der Waals surface area contributed by atoms with Crippen molar-refractivity contribution in [2.24, 2.45) is 5.92 Å². The first-order valence-electron chi connectivity index (χ1n) is 5.68. The summed E-state index contributed by atoms with van der Waals surface area (Å²) in [6.45, 7) is 4.81. The van der Waals surface area contributed by atoms with Gasteiger partial charge in [0.05, 0.1) is 0 Å². The lowest BCUT2D eigenvalue weighted by Crippen LogP contribution is -2.18. The van der Waals surface area contributed by atoms with Crippen molar-refractivity contribution in [2.45, 2.75) is 39.0 Å². The van der Waals surface area contributed by atoms with Crippen molar-refractivity contribution in [1.82, 2.24) is 4.90 Å². The molecule has 76 valence electrons. The van der Waals surface area contributed by atoms with Crippen LogP contribution in [-0.2, 0) is 0 Å². The molecule has 1 nitrogen and oxygen atoms in total. The molecule has 0 aliphatic carbocycles. The molecule has 1 rings (SSSR count). The summed E-state index contributed by atoms with van der Waals surface area (Å²) in [4.78, 5) is 2.45. The van der Waals surface area contributed by atoms with Crippen LogP contribution >= 0.6 is 0 Å². The smallest absolute Gasteiger partial charge is 0.00162 e. The van der Waals surface area contributed by atoms with Gasteiger partial charge in [0.1, 0.15) is 0 Å². The molecule has 0 unspecified atom stereocenters. The van der Waals surface area contributed by atoms with Gasteiger partial charge < -0.3 is 4.90 Å². The van der Waals surface area contributed by atoms with Crippen molar-refractivity contribution in [3.05, 3.63) is 12.2 Å². The first kappa shape index (κ1) is 10.8.